The number of imidazole rings is 1. The third kappa shape index (κ3) is 3.56. The van der Waals surface area contributed by atoms with Crippen molar-refractivity contribution in [3.8, 4) is 33.9 Å². The number of carbonyl (C=O) groups is 1. The highest BCUT2D eigenvalue weighted by Crippen LogP contribution is 2.33. The topological polar surface area (TPSA) is 138 Å². The summed E-state index contributed by atoms with van der Waals surface area (Å²) in [5.74, 6) is 0.783. The number of nitrogens with one attached hydrogen (secondary N) is 3. The molecule has 10 nitrogen and oxygen atoms in total. The predicted molar refractivity (Wildman–Crippen MR) is 135 cm³/mol. The van der Waals surface area contributed by atoms with Gasteiger partial charge in [-0.15, -0.1) is 0 Å². The number of aromatic amines is 2. The Kier molecular flexibility index (Phi) is 4.56. The summed E-state index contributed by atoms with van der Waals surface area (Å²) in [7, 11) is 0. The molecule has 1 amide bonds. The minimum atomic E-state index is 0.0464. The van der Waals surface area contributed by atoms with E-state index in [0.29, 0.717) is 22.9 Å². The van der Waals surface area contributed by atoms with Crippen LogP contribution in [0.2, 0.25) is 0 Å². The van der Waals surface area contributed by atoms with Crippen LogP contribution in [0.25, 0.3) is 56.0 Å². The Labute approximate surface area is 204 Å². The zero-order valence-corrected chi connectivity index (χ0v) is 18.9. The van der Waals surface area contributed by atoms with Crippen LogP contribution >= 0.6 is 0 Å². The Morgan fingerprint density at radius 2 is 1.75 bits per heavy atom. The Hall–Kier alpha value is -4.99. The van der Waals surface area contributed by atoms with Crippen LogP contribution < -0.4 is 5.32 Å². The normalized spacial score (nSPS) is 13.3. The summed E-state index contributed by atoms with van der Waals surface area (Å²) in [6.45, 7) is 0. The Bertz CT molecular complexity index is 1750. The number of aromatic nitrogens is 8. The molecular formula is C26H19N9O. The van der Waals surface area contributed by atoms with Crippen LogP contribution in [-0.4, -0.2) is 46.0 Å². The zero-order valence-electron chi connectivity index (χ0n) is 18.9. The van der Waals surface area contributed by atoms with Crippen molar-refractivity contribution in [2.45, 2.75) is 12.8 Å². The van der Waals surface area contributed by atoms with Gasteiger partial charge in [0.1, 0.15) is 11.2 Å². The van der Waals surface area contributed by atoms with Crippen LogP contribution in [0.1, 0.15) is 12.8 Å². The first-order valence-electron chi connectivity index (χ1n) is 11.6. The molecule has 6 aromatic rings. The maximum absolute atomic E-state index is 12.2. The van der Waals surface area contributed by atoms with Crippen molar-refractivity contribution in [1.29, 1.82) is 0 Å². The van der Waals surface area contributed by atoms with Gasteiger partial charge in [-0.1, -0.05) is 0 Å². The van der Waals surface area contributed by atoms with E-state index in [1.165, 1.54) is 0 Å². The lowest BCUT2D eigenvalue weighted by molar-refractivity contribution is -0.117. The number of hydrogen-bond acceptors (Lipinski definition) is 7. The molecule has 3 N–H and O–H groups in total. The molecule has 174 valence electrons. The molecule has 0 aliphatic heterocycles. The molecule has 6 aromatic heterocycles. The van der Waals surface area contributed by atoms with Gasteiger partial charge in [-0.3, -0.25) is 24.8 Å². The third-order valence-electron chi connectivity index (χ3n) is 6.28. The standard InChI is InChI=1S/C26H19N9O/c36-26(15-1-2-15)31-18-9-16(11-28-13-18)17-10-19-22(34-35-24(19)30-12-17)25-32-20-5-8-29-21(23(20)33-25)14-3-6-27-7-4-14/h3-13,15H,1-2H2,(H,31,36)(H,32,33)(H,30,34,35). The van der Waals surface area contributed by atoms with Gasteiger partial charge in [-0.05, 0) is 43.2 Å². The lowest BCUT2D eigenvalue weighted by atomic mass is 10.1. The quantitative estimate of drug-likeness (QED) is 0.338. The molecular weight excluding hydrogens is 454 g/mol. The second kappa shape index (κ2) is 8.05. The number of amides is 1. The fourth-order valence-corrected chi connectivity index (χ4v) is 4.27. The molecule has 0 radical (unpaired) electrons. The number of pyridine rings is 4. The number of nitrogens with zero attached hydrogens (tertiary/aromatic N) is 6. The molecule has 0 aromatic carbocycles. The second-order valence-corrected chi connectivity index (χ2v) is 8.80. The molecule has 0 unspecified atom stereocenters. The van der Waals surface area contributed by atoms with Gasteiger partial charge in [0.2, 0.25) is 5.91 Å². The smallest absolute Gasteiger partial charge is 0.227 e. The summed E-state index contributed by atoms with van der Waals surface area (Å²) >= 11 is 0. The van der Waals surface area contributed by atoms with Crippen LogP contribution in [0.4, 0.5) is 5.69 Å². The van der Waals surface area contributed by atoms with Crippen molar-refractivity contribution in [1.82, 2.24) is 40.1 Å². The van der Waals surface area contributed by atoms with E-state index in [1.807, 2.05) is 30.3 Å². The lowest BCUT2D eigenvalue weighted by Gasteiger charge is -2.06. The van der Waals surface area contributed by atoms with Gasteiger partial charge >= 0.3 is 0 Å². The summed E-state index contributed by atoms with van der Waals surface area (Å²) in [6.07, 6.45) is 12.3. The fourth-order valence-electron chi connectivity index (χ4n) is 4.27. The molecule has 0 atom stereocenters. The van der Waals surface area contributed by atoms with Gasteiger partial charge in [-0.25, -0.2) is 9.97 Å². The maximum Gasteiger partial charge on any atom is 0.227 e. The predicted octanol–water partition coefficient (Wildman–Crippen LogP) is 4.37. The van der Waals surface area contributed by atoms with Gasteiger partial charge in [0.25, 0.3) is 0 Å². The molecule has 1 aliphatic carbocycles. The number of carbonyl (C=O) groups excluding carboxylic acids is 1. The van der Waals surface area contributed by atoms with E-state index in [1.54, 1.807) is 37.2 Å². The van der Waals surface area contributed by atoms with Crippen LogP contribution in [0.15, 0.2) is 67.5 Å². The molecule has 36 heavy (non-hydrogen) atoms. The molecule has 6 heterocycles. The summed E-state index contributed by atoms with van der Waals surface area (Å²) in [6, 6.07) is 9.61. The number of hydrogen-bond donors (Lipinski definition) is 3. The minimum Gasteiger partial charge on any atom is -0.336 e. The van der Waals surface area contributed by atoms with Crippen molar-refractivity contribution in [2.24, 2.45) is 5.92 Å². The first-order chi connectivity index (χ1) is 17.7. The van der Waals surface area contributed by atoms with Crippen molar-refractivity contribution in [3.63, 3.8) is 0 Å². The van der Waals surface area contributed by atoms with Crippen molar-refractivity contribution in [3.05, 3.63) is 67.5 Å². The molecule has 0 bridgehead atoms. The highest BCUT2D eigenvalue weighted by Gasteiger charge is 2.29. The first kappa shape index (κ1) is 20.4. The van der Waals surface area contributed by atoms with Crippen LogP contribution in [-0.2, 0) is 4.79 Å². The monoisotopic (exact) mass is 473 g/mol. The second-order valence-electron chi connectivity index (χ2n) is 8.80. The molecule has 7 rings (SSSR count). The largest absolute Gasteiger partial charge is 0.336 e. The van der Waals surface area contributed by atoms with E-state index >= 15 is 0 Å². The van der Waals surface area contributed by atoms with Crippen LogP contribution in [0, 0.1) is 5.92 Å². The van der Waals surface area contributed by atoms with Crippen LogP contribution in [0.3, 0.4) is 0 Å². The van der Waals surface area contributed by atoms with E-state index in [0.717, 1.165) is 51.6 Å². The number of fused-ring (bicyclic) bond motifs is 2. The molecule has 0 saturated heterocycles. The van der Waals surface area contributed by atoms with Gasteiger partial charge < -0.3 is 10.3 Å². The van der Waals surface area contributed by atoms with Gasteiger partial charge in [0, 0.05) is 53.6 Å². The summed E-state index contributed by atoms with van der Waals surface area (Å²) in [5.41, 5.74) is 6.99. The molecule has 1 saturated carbocycles. The lowest BCUT2D eigenvalue weighted by Crippen LogP contribution is -2.13. The molecule has 10 heteroatoms. The molecule has 1 aliphatic rings. The Morgan fingerprint density at radius 1 is 0.889 bits per heavy atom. The van der Waals surface area contributed by atoms with Crippen molar-refractivity contribution in [2.75, 3.05) is 5.32 Å². The molecule has 0 spiro atoms. The van der Waals surface area contributed by atoms with E-state index < -0.39 is 0 Å². The summed E-state index contributed by atoms with van der Waals surface area (Å²) in [5, 5.41) is 11.3. The molecule has 1 fully saturated rings. The van der Waals surface area contributed by atoms with Crippen molar-refractivity contribution < 1.29 is 4.79 Å². The van der Waals surface area contributed by atoms with E-state index in [4.69, 9.17) is 4.98 Å². The Balaban J connectivity index is 1.28. The number of anilines is 1. The van der Waals surface area contributed by atoms with E-state index in [2.05, 4.69) is 40.4 Å². The van der Waals surface area contributed by atoms with E-state index in [-0.39, 0.29) is 11.8 Å². The average Bonchev–Trinajstić information content (AvgIpc) is 3.55. The fraction of sp³-hybridized carbons (Fsp3) is 0.115. The van der Waals surface area contributed by atoms with Gasteiger partial charge in [-0.2, -0.15) is 5.10 Å². The van der Waals surface area contributed by atoms with Crippen molar-refractivity contribution >= 4 is 33.7 Å². The van der Waals surface area contributed by atoms with E-state index in [9.17, 15) is 4.79 Å². The maximum atomic E-state index is 12.2. The SMILES string of the molecule is O=C(Nc1cncc(-c2cnc3[nH]nc(-c4nc5c(-c6ccncc6)nccc5[nH]4)c3c2)c1)C1CC1. The van der Waals surface area contributed by atoms with Crippen LogP contribution in [0.5, 0.6) is 0 Å². The minimum absolute atomic E-state index is 0.0464. The Morgan fingerprint density at radius 3 is 2.61 bits per heavy atom. The van der Waals surface area contributed by atoms with Gasteiger partial charge in [0.05, 0.1) is 28.5 Å². The highest BCUT2D eigenvalue weighted by atomic mass is 16.2. The zero-order chi connectivity index (χ0) is 24.1. The van der Waals surface area contributed by atoms with Gasteiger partial charge in [0.15, 0.2) is 11.5 Å². The first-order valence-corrected chi connectivity index (χ1v) is 11.6. The third-order valence-corrected chi connectivity index (χ3v) is 6.28. The summed E-state index contributed by atoms with van der Waals surface area (Å²) in [4.78, 5) is 37.9. The highest BCUT2D eigenvalue weighted by molar-refractivity contribution is 5.97. The average molecular weight is 474 g/mol. The number of rotatable bonds is 5. The number of H-pyrrole nitrogens is 2. The summed E-state index contributed by atoms with van der Waals surface area (Å²) < 4.78 is 0.